The van der Waals surface area contributed by atoms with Crippen LogP contribution in [-0.4, -0.2) is 43.1 Å². The van der Waals surface area contributed by atoms with Crippen LogP contribution >= 0.6 is 11.3 Å². The molecule has 0 atom stereocenters. The van der Waals surface area contributed by atoms with Crippen molar-refractivity contribution in [2.45, 2.75) is 32.4 Å². The van der Waals surface area contributed by atoms with Crippen molar-refractivity contribution in [3.05, 3.63) is 63.5 Å². The zero-order valence-corrected chi connectivity index (χ0v) is 20.6. The normalized spacial score (nSPS) is 13.5. The Labute approximate surface area is 206 Å². The summed E-state index contributed by atoms with van der Waals surface area (Å²) in [4.78, 5) is 20.4. The maximum absolute atomic E-state index is 13.7. The van der Waals surface area contributed by atoms with Gasteiger partial charge in [0, 0.05) is 18.7 Å². The molecule has 1 saturated carbocycles. The minimum atomic E-state index is -4.42. The SMILES string of the molecule is COc1ccc(CCN(CC2CC2)C(=O)c2sc(C)nc2-c2ccc(C(F)(F)F)cc2)cc1OC. The number of amides is 1. The topological polar surface area (TPSA) is 51.7 Å². The summed E-state index contributed by atoms with van der Waals surface area (Å²) >= 11 is 1.27. The van der Waals surface area contributed by atoms with Gasteiger partial charge in [-0.05, 0) is 61.9 Å². The van der Waals surface area contributed by atoms with Crippen molar-refractivity contribution in [3.8, 4) is 22.8 Å². The molecule has 3 aromatic rings. The van der Waals surface area contributed by atoms with E-state index < -0.39 is 11.7 Å². The summed E-state index contributed by atoms with van der Waals surface area (Å²) in [5.74, 6) is 1.61. The molecule has 1 amide bonds. The van der Waals surface area contributed by atoms with Crippen molar-refractivity contribution in [3.63, 3.8) is 0 Å². The van der Waals surface area contributed by atoms with E-state index in [1.54, 1.807) is 21.1 Å². The standard InChI is InChI=1S/C26H27F3N2O3S/c1-16-30-23(19-7-9-20(10-8-19)26(27,28)29)24(35-16)25(32)31(15-18-4-5-18)13-12-17-6-11-21(33-2)22(14-17)34-3/h6-11,14,18H,4-5,12-13,15H2,1-3H3. The third kappa shape index (κ3) is 5.96. The first kappa shape index (κ1) is 25.0. The Morgan fingerprint density at radius 3 is 2.37 bits per heavy atom. The van der Waals surface area contributed by atoms with Crippen LogP contribution in [0.4, 0.5) is 13.2 Å². The highest BCUT2D eigenvalue weighted by molar-refractivity contribution is 7.14. The molecule has 0 N–H and O–H groups in total. The van der Waals surface area contributed by atoms with Crippen LogP contribution in [-0.2, 0) is 12.6 Å². The average Bonchev–Trinajstić information content (AvgIpc) is 3.58. The highest BCUT2D eigenvalue weighted by Gasteiger charge is 2.32. The monoisotopic (exact) mass is 504 g/mol. The molecule has 5 nitrogen and oxygen atoms in total. The van der Waals surface area contributed by atoms with Crippen molar-refractivity contribution < 1.29 is 27.4 Å². The van der Waals surface area contributed by atoms with Crippen LogP contribution in [0.3, 0.4) is 0 Å². The number of ether oxygens (including phenoxy) is 2. The summed E-state index contributed by atoms with van der Waals surface area (Å²) in [5, 5.41) is 0.689. The predicted octanol–water partition coefficient (Wildman–Crippen LogP) is 6.25. The summed E-state index contributed by atoms with van der Waals surface area (Å²) in [5.41, 5.74) is 1.21. The van der Waals surface area contributed by atoms with Gasteiger partial charge in [-0.25, -0.2) is 4.98 Å². The molecular weight excluding hydrogens is 477 g/mol. The van der Waals surface area contributed by atoms with Crippen LogP contribution in [0, 0.1) is 12.8 Å². The quantitative estimate of drug-likeness (QED) is 0.346. The van der Waals surface area contributed by atoms with Crippen molar-refractivity contribution in [1.82, 2.24) is 9.88 Å². The fourth-order valence-electron chi connectivity index (χ4n) is 3.92. The van der Waals surface area contributed by atoms with Gasteiger partial charge in [0.1, 0.15) is 4.88 Å². The lowest BCUT2D eigenvalue weighted by Crippen LogP contribution is -2.34. The molecule has 1 aliphatic carbocycles. The first-order valence-electron chi connectivity index (χ1n) is 11.3. The molecule has 4 rings (SSSR count). The summed E-state index contributed by atoms with van der Waals surface area (Å²) in [7, 11) is 3.17. The second kappa shape index (κ2) is 10.3. The lowest BCUT2D eigenvalue weighted by molar-refractivity contribution is -0.137. The van der Waals surface area contributed by atoms with Crippen LogP contribution < -0.4 is 9.47 Å². The van der Waals surface area contributed by atoms with Crippen LogP contribution in [0.5, 0.6) is 11.5 Å². The first-order valence-corrected chi connectivity index (χ1v) is 12.2. The van der Waals surface area contributed by atoms with E-state index in [0.29, 0.717) is 58.1 Å². The van der Waals surface area contributed by atoms with Crippen LogP contribution in [0.15, 0.2) is 42.5 Å². The molecule has 0 bridgehead atoms. The van der Waals surface area contributed by atoms with E-state index in [1.165, 1.54) is 23.5 Å². The van der Waals surface area contributed by atoms with Crippen molar-refractivity contribution in [2.75, 3.05) is 27.3 Å². The molecule has 1 aromatic heterocycles. The predicted molar refractivity (Wildman–Crippen MR) is 129 cm³/mol. The zero-order valence-electron chi connectivity index (χ0n) is 19.8. The molecule has 0 spiro atoms. The lowest BCUT2D eigenvalue weighted by atomic mass is 10.1. The number of hydrogen-bond acceptors (Lipinski definition) is 5. The van der Waals surface area contributed by atoms with Gasteiger partial charge >= 0.3 is 6.18 Å². The third-order valence-corrected chi connectivity index (χ3v) is 6.95. The van der Waals surface area contributed by atoms with E-state index in [9.17, 15) is 18.0 Å². The van der Waals surface area contributed by atoms with E-state index in [-0.39, 0.29) is 5.91 Å². The molecule has 0 aliphatic heterocycles. The number of rotatable bonds is 9. The Morgan fingerprint density at radius 1 is 1.09 bits per heavy atom. The Hall–Kier alpha value is -3.07. The Kier molecular flexibility index (Phi) is 7.35. The smallest absolute Gasteiger partial charge is 0.416 e. The summed E-state index contributed by atoms with van der Waals surface area (Å²) in [6.45, 7) is 2.95. The van der Waals surface area contributed by atoms with Gasteiger partial charge < -0.3 is 14.4 Å². The minimum absolute atomic E-state index is 0.141. The zero-order chi connectivity index (χ0) is 25.2. The number of alkyl halides is 3. The maximum Gasteiger partial charge on any atom is 0.416 e. The molecule has 0 radical (unpaired) electrons. The van der Waals surface area contributed by atoms with Gasteiger partial charge in [-0.15, -0.1) is 11.3 Å². The van der Waals surface area contributed by atoms with Gasteiger partial charge in [-0.3, -0.25) is 4.79 Å². The maximum atomic E-state index is 13.7. The second-order valence-corrected chi connectivity index (χ2v) is 9.82. The molecule has 9 heteroatoms. The highest BCUT2D eigenvalue weighted by atomic mass is 32.1. The number of halogens is 3. The summed E-state index contributed by atoms with van der Waals surface area (Å²) < 4.78 is 49.7. The van der Waals surface area contributed by atoms with Gasteiger partial charge in [-0.2, -0.15) is 13.2 Å². The number of carbonyl (C=O) groups excluding carboxylic acids is 1. The fraction of sp³-hybridized carbons (Fsp3) is 0.385. The van der Waals surface area contributed by atoms with Crippen molar-refractivity contribution in [1.29, 1.82) is 0 Å². The number of methoxy groups -OCH3 is 2. The molecule has 0 unspecified atom stereocenters. The Balaban J connectivity index is 1.57. The van der Waals surface area contributed by atoms with Gasteiger partial charge in [0.2, 0.25) is 0 Å². The molecule has 1 aliphatic rings. The van der Waals surface area contributed by atoms with Gasteiger partial charge in [-0.1, -0.05) is 18.2 Å². The molecule has 1 fully saturated rings. The molecular formula is C26H27F3N2O3S. The number of benzene rings is 2. The molecule has 2 aromatic carbocycles. The summed E-state index contributed by atoms with van der Waals surface area (Å²) in [6.07, 6.45) is -1.60. The van der Waals surface area contributed by atoms with E-state index in [4.69, 9.17) is 9.47 Å². The van der Waals surface area contributed by atoms with Gasteiger partial charge in [0.15, 0.2) is 11.5 Å². The van der Waals surface area contributed by atoms with Crippen molar-refractivity contribution >= 4 is 17.2 Å². The molecule has 35 heavy (non-hydrogen) atoms. The number of aromatic nitrogens is 1. The first-order chi connectivity index (χ1) is 16.7. The van der Waals surface area contributed by atoms with Gasteiger partial charge in [0.25, 0.3) is 5.91 Å². The van der Waals surface area contributed by atoms with E-state index in [2.05, 4.69) is 4.98 Å². The number of hydrogen-bond donors (Lipinski definition) is 0. The number of aryl methyl sites for hydroxylation is 1. The Morgan fingerprint density at radius 2 is 1.77 bits per heavy atom. The minimum Gasteiger partial charge on any atom is -0.493 e. The fourth-order valence-corrected chi connectivity index (χ4v) is 4.83. The van der Waals surface area contributed by atoms with Crippen molar-refractivity contribution in [2.24, 2.45) is 5.92 Å². The lowest BCUT2D eigenvalue weighted by Gasteiger charge is -2.23. The van der Waals surface area contributed by atoms with Gasteiger partial charge in [0.05, 0.1) is 30.5 Å². The van der Waals surface area contributed by atoms with E-state index >= 15 is 0 Å². The number of thiazole rings is 1. The van der Waals surface area contributed by atoms with Crippen LogP contribution in [0.1, 0.15) is 38.6 Å². The molecule has 0 saturated heterocycles. The average molecular weight is 505 g/mol. The van der Waals surface area contributed by atoms with Crippen LogP contribution in [0.2, 0.25) is 0 Å². The van der Waals surface area contributed by atoms with Crippen LogP contribution in [0.25, 0.3) is 11.3 Å². The van der Waals surface area contributed by atoms with E-state index in [1.807, 2.05) is 23.1 Å². The highest BCUT2D eigenvalue weighted by Crippen LogP contribution is 2.35. The van der Waals surface area contributed by atoms with E-state index in [0.717, 1.165) is 30.5 Å². The number of carbonyl (C=O) groups is 1. The number of nitrogens with zero attached hydrogens (tertiary/aromatic N) is 2. The second-order valence-electron chi connectivity index (χ2n) is 8.62. The molecule has 186 valence electrons. The molecule has 1 heterocycles. The largest absolute Gasteiger partial charge is 0.493 e. The summed E-state index contributed by atoms with van der Waals surface area (Å²) in [6, 6.07) is 10.5. The third-order valence-electron chi connectivity index (χ3n) is 6.00. The Bertz CT molecular complexity index is 1190.